The summed E-state index contributed by atoms with van der Waals surface area (Å²) in [5, 5.41) is 7.16. The second-order valence-corrected chi connectivity index (χ2v) is 5.86. The van der Waals surface area contributed by atoms with E-state index in [9.17, 15) is 4.39 Å². The van der Waals surface area contributed by atoms with Crippen LogP contribution in [-0.4, -0.2) is 23.2 Å². The largest absolute Gasteiger partial charge is 0.489 e. The van der Waals surface area contributed by atoms with E-state index in [1.807, 2.05) is 31.3 Å². The van der Waals surface area contributed by atoms with Crippen molar-refractivity contribution in [1.82, 2.24) is 15.5 Å². The van der Waals surface area contributed by atoms with Crippen LogP contribution in [0.15, 0.2) is 53.1 Å². The third kappa shape index (κ3) is 5.28. The Balaban J connectivity index is 0.00000243. The summed E-state index contributed by atoms with van der Waals surface area (Å²) >= 11 is 0. The molecule has 138 valence electrons. The van der Waals surface area contributed by atoms with E-state index in [1.54, 1.807) is 12.1 Å². The van der Waals surface area contributed by atoms with Crippen molar-refractivity contribution in [3.05, 3.63) is 65.7 Å². The van der Waals surface area contributed by atoms with Gasteiger partial charge < -0.3 is 14.6 Å². The molecule has 1 N–H and O–H groups in total. The highest BCUT2D eigenvalue weighted by Crippen LogP contribution is 2.20. The number of halogens is 2. The Morgan fingerprint density at radius 1 is 1.19 bits per heavy atom. The summed E-state index contributed by atoms with van der Waals surface area (Å²) in [4.78, 5) is 4.43. The molecule has 0 bridgehead atoms. The third-order valence-electron chi connectivity index (χ3n) is 3.83. The summed E-state index contributed by atoms with van der Waals surface area (Å²) in [5.41, 5.74) is 1.77. The first-order chi connectivity index (χ1) is 12.1. The number of nitrogens with zero attached hydrogens (tertiary/aromatic N) is 2. The number of aromatic nitrogens is 2. The zero-order valence-electron chi connectivity index (χ0n) is 14.6. The van der Waals surface area contributed by atoms with Crippen LogP contribution in [0.4, 0.5) is 4.39 Å². The molecule has 1 atom stereocenters. The first-order valence-corrected chi connectivity index (χ1v) is 8.11. The summed E-state index contributed by atoms with van der Waals surface area (Å²) in [6, 6.07) is 14.0. The topological polar surface area (TPSA) is 60.2 Å². The summed E-state index contributed by atoms with van der Waals surface area (Å²) in [5.74, 6) is 1.32. The van der Waals surface area contributed by atoms with Crippen LogP contribution >= 0.6 is 12.4 Å². The second kappa shape index (κ2) is 9.31. The van der Waals surface area contributed by atoms with Crippen LogP contribution in [0, 0.1) is 5.82 Å². The fourth-order valence-corrected chi connectivity index (χ4v) is 2.35. The van der Waals surface area contributed by atoms with Crippen molar-refractivity contribution >= 4 is 12.4 Å². The lowest BCUT2D eigenvalue weighted by molar-refractivity contribution is 0.304. The number of nitrogens with one attached hydrogen (secondary N) is 1. The van der Waals surface area contributed by atoms with Crippen molar-refractivity contribution in [2.24, 2.45) is 0 Å². The van der Waals surface area contributed by atoms with E-state index in [-0.39, 0.29) is 24.3 Å². The van der Waals surface area contributed by atoms with Gasteiger partial charge in [0.15, 0.2) is 5.82 Å². The van der Waals surface area contributed by atoms with Gasteiger partial charge in [0, 0.05) is 24.1 Å². The molecular formula is C19H21ClFN3O2. The van der Waals surface area contributed by atoms with Crippen LogP contribution < -0.4 is 10.1 Å². The molecule has 0 radical (unpaired) electrons. The molecule has 1 aromatic heterocycles. The number of hydrogen-bond acceptors (Lipinski definition) is 5. The minimum Gasteiger partial charge on any atom is -0.489 e. The SMILES string of the molecule is CNC(C)Cc1noc(-c2cccc(COc3cccc(F)c3)c2)n1.Cl. The molecule has 0 aliphatic rings. The molecule has 0 spiro atoms. The van der Waals surface area contributed by atoms with Crippen LogP contribution in [0.25, 0.3) is 11.5 Å². The zero-order chi connectivity index (χ0) is 17.6. The maximum atomic E-state index is 13.2. The number of hydrogen-bond donors (Lipinski definition) is 1. The Morgan fingerprint density at radius 2 is 2.00 bits per heavy atom. The van der Waals surface area contributed by atoms with Gasteiger partial charge in [-0.3, -0.25) is 0 Å². The molecule has 0 saturated heterocycles. The Bertz CT molecular complexity index is 841. The Kier molecular flexibility index (Phi) is 7.12. The minimum absolute atomic E-state index is 0. The van der Waals surface area contributed by atoms with Gasteiger partial charge in [0.2, 0.25) is 0 Å². The van der Waals surface area contributed by atoms with Gasteiger partial charge in [0.25, 0.3) is 5.89 Å². The molecule has 0 fully saturated rings. The van der Waals surface area contributed by atoms with Crippen LogP contribution in [0.3, 0.4) is 0 Å². The van der Waals surface area contributed by atoms with Gasteiger partial charge in [-0.2, -0.15) is 4.98 Å². The van der Waals surface area contributed by atoms with Crippen LogP contribution in [0.1, 0.15) is 18.3 Å². The Morgan fingerprint density at radius 3 is 2.77 bits per heavy atom. The van der Waals surface area contributed by atoms with Gasteiger partial charge in [0.05, 0.1) is 0 Å². The molecule has 3 aromatic rings. The van der Waals surface area contributed by atoms with Crippen LogP contribution in [0.2, 0.25) is 0 Å². The molecule has 26 heavy (non-hydrogen) atoms. The number of likely N-dealkylation sites (N-methyl/N-ethyl adjacent to an activating group) is 1. The molecule has 3 rings (SSSR count). The fraction of sp³-hybridized carbons (Fsp3) is 0.263. The smallest absolute Gasteiger partial charge is 0.257 e. The first-order valence-electron chi connectivity index (χ1n) is 8.11. The minimum atomic E-state index is -0.319. The van der Waals surface area contributed by atoms with E-state index in [1.165, 1.54) is 12.1 Å². The normalized spacial score (nSPS) is 11.7. The molecule has 1 unspecified atom stereocenters. The number of benzene rings is 2. The predicted molar refractivity (Wildman–Crippen MR) is 99.9 cm³/mol. The monoisotopic (exact) mass is 377 g/mol. The molecule has 0 saturated carbocycles. The van der Waals surface area contributed by atoms with Crippen molar-refractivity contribution in [2.75, 3.05) is 7.05 Å². The average Bonchev–Trinajstić information content (AvgIpc) is 3.09. The maximum Gasteiger partial charge on any atom is 0.257 e. The molecule has 5 nitrogen and oxygen atoms in total. The van der Waals surface area contributed by atoms with Crippen molar-refractivity contribution in [3.63, 3.8) is 0 Å². The van der Waals surface area contributed by atoms with E-state index in [2.05, 4.69) is 22.4 Å². The average molecular weight is 378 g/mol. The quantitative estimate of drug-likeness (QED) is 0.673. The van der Waals surface area contributed by atoms with Crippen molar-refractivity contribution in [2.45, 2.75) is 26.0 Å². The van der Waals surface area contributed by atoms with Crippen molar-refractivity contribution < 1.29 is 13.7 Å². The highest BCUT2D eigenvalue weighted by atomic mass is 35.5. The number of ether oxygens (including phenoxy) is 1. The lowest BCUT2D eigenvalue weighted by atomic mass is 10.1. The van der Waals surface area contributed by atoms with E-state index in [4.69, 9.17) is 9.26 Å². The molecule has 0 aliphatic heterocycles. The molecule has 0 aliphatic carbocycles. The van der Waals surface area contributed by atoms with Gasteiger partial charge in [-0.25, -0.2) is 4.39 Å². The highest BCUT2D eigenvalue weighted by Gasteiger charge is 2.11. The second-order valence-electron chi connectivity index (χ2n) is 5.86. The molecular weight excluding hydrogens is 357 g/mol. The lowest BCUT2D eigenvalue weighted by Gasteiger charge is -2.07. The first kappa shape index (κ1) is 19.9. The van der Waals surface area contributed by atoms with Gasteiger partial charge in [-0.05, 0) is 43.8 Å². The summed E-state index contributed by atoms with van der Waals surface area (Å²) in [7, 11) is 1.90. The van der Waals surface area contributed by atoms with Gasteiger partial charge in [0.1, 0.15) is 18.2 Å². The molecule has 2 aromatic carbocycles. The number of rotatable bonds is 7. The van der Waals surface area contributed by atoms with Crippen LogP contribution in [0.5, 0.6) is 5.75 Å². The Labute approximate surface area is 158 Å². The van der Waals surface area contributed by atoms with E-state index < -0.39 is 0 Å². The van der Waals surface area contributed by atoms with E-state index in [0.717, 1.165) is 11.1 Å². The fourth-order valence-electron chi connectivity index (χ4n) is 2.35. The van der Waals surface area contributed by atoms with Crippen molar-refractivity contribution in [3.8, 4) is 17.2 Å². The van der Waals surface area contributed by atoms with E-state index in [0.29, 0.717) is 30.5 Å². The third-order valence-corrected chi connectivity index (χ3v) is 3.83. The predicted octanol–water partition coefficient (Wildman–Crippen LogP) is 4.03. The molecule has 1 heterocycles. The van der Waals surface area contributed by atoms with Gasteiger partial charge in [-0.1, -0.05) is 23.4 Å². The Hall–Kier alpha value is -2.44. The molecule has 7 heteroatoms. The summed E-state index contributed by atoms with van der Waals surface area (Å²) < 4.78 is 24.2. The van der Waals surface area contributed by atoms with Gasteiger partial charge in [-0.15, -0.1) is 12.4 Å². The van der Waals surface area contributed by atoms with Crippen molar-refractivity contribution in [1.29, 1.82) is 0 Å². The standard InChI is InChI=1S/C19H20FN3O2.ClH/c1-13(21-2)9-18-22-19(25-23-18)15-6-3-5-14(10-15)12-24-17-8-4-7-16(20)11-17;/h3-8,10-11,13,21H,9,12H2,1-2H3;1H. The highest BCUT2D eigenvalue weighted by molar-refractivity contribution is 5.85. The lowest BCUT2D eigenvalue weighted by Crippen LogP contribution is -2.24. The van der Waals surface area contributed by atoms with Gasteiger partial charge >= 0.3 is 0 Å². The molecule has 0 amide bonds. The van der Waals surface area contributed by atoms with Crippen LogP contribution in [-0.2, 0) is 13.0 Å². The van der Waals surface area contributed by atoms with E-state index >= 15 is 0 Å². The summed E-state index contributed by atoms with van der Waals surface area (Å²) in [6.45, 7) is 2.38. The zero-order valence-corrected chi connectivity index (χ0v) is 15.4. The summed E-state index contributed by atoms with van der Waals surface area (Å²) in [6.07, 6.45) is 0.697. The maximum absolute atomic E-state index is 13.2.